The molecule has 0 aliphatic rings. The molecule has 1 N–H and O–H groups in total. The predicted molar refractivity (Wildman–Crippen MR) is 185 cm³/mol. The second kappa shape index (κ2) is 10.6. The number of benzene rings is 8. The van der Waals surface area contributed by atoms with Crippen molar-refractivity contribution < 1.29 is 0 Å². The van der Waals surface area contributed by atoms with Crippen molar-refractivity contribution in [3.8, 4) is 33.4 Å². The van der Waals surface area contributed by atoms with Crippen molar-refractivity contribution in [2.45, 2.75) is 0 Å². The maximum Gasteiger partial charge on any atom is 0.0384 e. The van der Waals surface area contributed by atoms with Crippen LogP contribution in [0.5, 0.6) is 0 Å². The summed E-state index contributed by atoms with van der Waals surface area (Å²) >= 11 is 0. The normalized spacial score (nSPS) is 11.3. The molecule has 1 heteroatoms. The molecule has 0 saturated carbocycles. The van der Waals surface area contributed by atoms with Gasteiger partial charge < -0.3 is 5.32 Å². The lowest BCUT2D eigenvalue weighted by Crippen LogP contribution is -1.91. The third kappa shape index (κ3) is 4.62. The molecule has 8 aromatic carbocycles. The fourth-order valence-corrected chi connectivity index (χ4v) is 6.36. The van der Waals surface area contributed by atoms with Crippen molar-refractivity contribution in [2.75, 3.05) is 5.32 Å². The maximum absolute atomic E-state index is 3.59. The Labute approximate surface area is 251 Å². The summed E-state index contributed by atoms with van der Waals surface area (Å²) in [5.74, 6) is 0. The fourth-order valence-electron chi connectivity index (χ4n) is 6.36. The molecule has 8 aromatic rings. The molecule has 0 fully saturated rings. The van der Waals surface area contributed by atoms with E-state index in [1.54, 1.807) is 0 Å². The van der Waals surface area contributed by atoms with Crippen LogP contribution in [-0.4, -0.2) is 0 Å². The van der Waals surface area contributed by atoms with Gasteiger partial charge in [-0.15, -0.1) is 0 Å². The number of fused-ring (bicyclic) bond motifs is 4. The molecule has 0 radical (unpaired) electrons. The quantitative estimate of drug-likeness (QED) is 0.211. The van der Waals surface area contributed by atoms with Crippen LogP contribution in [0, 0.1) is 0 Å². The zero-order valence-electron chi connectivity index (χ0n) is 23.7. The van der Waals surface area contributed by atoms with Crippen molar-refractivity contribution in [3.63, 3.8) is 0 Å². The highest BCUT2D eigenvalue weighted by Crippen LogP contribution is 2.40. The number of hydrogen-bond acceptors (Lipinski definition) is 1. The molecule has 0 unspecified atom stereocenters. The van der Waals surface area contributed by atoms with Gasteiger partial charge in [0, 0.05) is 11.4 Å². The molecule has 202 valence electrons. The van der Waals surface area contributed by atoms with Crippen molar-refractivity contribution in [2.24, 2.45) is 0 Å². The summed E-state index contributed by atoms with van der Waals surface area (Å²) in [4.78, 5) is 0. The molecule has 0 heterocycles. The third-order valence-corrected chi connectivity index (χ3v) is 8.46. The van der Waals surface area contributed by atoms with Crippen molar-refractivity contribution in [1.82, 2.24) is 0 Å². The van der Waals surface area contributed by atoms with Crippen LogP contribution in [0.4, 0.5) is 11.4 Å². The largest absolute Gasteiger partial charge is 0.356 e. The molecule has 0 aromatic heterocycles. The highest BCUT2D eigenvalue weighted by Gasteiger charge is 2.13. The average molecular weight is 548 g/mol. The first-order chi connectivity index (χ1) is 21.3. The number of anilines is 2. The minimum Gasteiger partial charge on any atom is -0.356 e. The van der Waals surface area contributed by atoms with Crippen LogP contribution in [0.25, 0.3) is 65.7 Å². The highest BCUT2D eigenvalue weighted by atomic mass is 14.9. The van der Waals surface area contributed by atoms with Crippen molar-refractivity contribution >= 4 is 43.7 Å². The van der Waals surface area contributed by atoms with Crippen LogP contribution in [-0.2, 0) is 0 Å². The lowest BCUT2D eigenvalue weighted by molar-refractivity contribution is 1.54. The molecule has 0 aliphatic carbocycles. The van der Waals surface area contributed by atoms with Gasteiger partial charge in [-0.3, -0.25) is 0 Å². The summed E-state index contributed by atoms with van der Waals surface area (Å²) in [5, 5.41) is 11.2. The number of nitrogens with one attached hydrogen (secondary N) is 1. The minimum atomic E-state index is 1.07. The maximum atomic E-state index is 3.59. The van der Waals surface area contributed by atoms with E-state index in [1.807, 2.05) is 0 Å². The summed E-state index contributed by atoms with van der Waals surface area (Å²) in [5.41, 5.74) is 9.55. The third-order valence-electron chi connectivity index (χ3n) is 8.46. The van der Waals surface area contributed by atoms with Crippen LogP contribution in [0.1, 0.15) is 0 Å². The highest BCUT2D eigenvalue weighted by molar-refractivity contribution is 6.14. The van der Waals surface area contributed by atoms with Crippen molar-refractivity contribution in [1.29, 1.82) is 0 Å². The molecule has 0 atom stereocenters. The number of hydrogen-bond donors (Lipinski definition) is 1. The number of rotatable bonds is 5. The average Bonchev–Trinajstić information content (AvgIpc) is 3.08. The van der Waals surface area contributed by atoms with E-state index in [0.717, 1.165) is 11.4 Å². The van der Waals surface area contributed by atoms with E-state index >= 15 is 0 Å². The van der Waals surface area contributed by atoms with Gasteiger partial charge in [-0.1, -0.05) is 140 Å². The van der Waals surface area contributed by atoms with Crippen LogP contribution >= 0.6 is 0 Å². The Kier molecular flexibility index (Phi) is 6.20. The zero-order valence-corrected chi connectivity index (χ0v) is 23.7. The van der Waals surface area contributed by atoms with Gasteiger partial charge in [0.15, 0.2) is 0 Å². The Morgan fingerprint density at radius 3 is 1.49 bits per heavy atom. The van der Waals surface area contributed by atoms with Gasteiger partial charge in [0.25, 0.3) is 0 Å². The Balaban J connectivity index is 1.10. The standard InChI is InChI=1S/C42H29N/c1-3-13-35-29(10-1)12-9-19-36(35)30-20-24-33(25-21-30)43-34-26-22-31(23-27-34)37-14-5-6-17-40(37)42-28-32-11-2-4-15-38(32)39-16-7-8-18-41(39)42/h1-28,43H. The molecule has 0 amide bonds. The molecule has 1 nitrogen and oxygen atoms in total. The van der Waals surface area contributed by atoms with Gasteiger partial charge >= 0.3 is 0 Å². The van der Waals surface area contributed by atoms with E-state index in [-0.39, 0.29) is 0 Å². The van der Waals surface area contributed by atoms with Gasteiger partial charge in [-0.05, 0) is 96.0 Å². The smallest absolute Gasteiger partial charge is 0.0384 e. The van der Waals surface area contributed by atoms with E-state index in [2.05, 4.69) is 175 Å². The molecule has 8 rings (SSSR count). The summed E-state index contributed by atoms with van der Waals surface area (Å²) in [7, 11) is 0. The molecule has 0 saturated heterocycles. The van der Waals surface area contributed by atoms with E-state index in [4.69, 9.17) is 0 Å². The van der Waals surface area contributed by atoms with E-state index in [9.17, 15) is 0 Å². The van der Waals surface area contributed by atoms with Crippen LogP contribution in [0.2, 0.25) is 0 Å². The van der Waals surface area contributed by atoms with Gasteiger partial charge in [0.05, 0.1) is 0 Å². The summed E-state index contributed by atoms with van der Waals surface area (Å²) < 4.78 is 0. The minimum absolute atomic E-state index is 1.07. The fraction of sp³-hybridized carbons (Fsp3) is 0. The van der Waals surface area contributed by atoms with Crippen LogP contribution in [0.15, 0.2) is 170 Å². The first kappa shape index (κ1) is 25.1. The Hall–Kier alpha value is -5.66. The van der Waals surface area contributed by atoms with Gasteiger partial charge in [-0.2, -0.15) is 0 Å². The monoisotopic (exact) mass is 547 g/mol. The molecule has 0 spiro atoms. The Morgan fingerprint density at radius 1 is 0.279 bits per heavy atom. The zero-order chi connectivity index (χ0) is 28.6. The lowest BCUT2D eigenvalue weighted by atomic mass is 9.89. The summed E-state index contributed by atoms with van der Waals surface area (Å²) in [6, 6.07) is 61.0. The van der Waals surface area contributed by atoms with Crippen LogP contribution in [0.3, 0.4) is 0 Å². The SMILES string of the molecule is c1ccc(-c2cc3ccccc3c3ccccc23)c(-c2ccc(Nc3ccc(-c4cccc5ccccc45)cc3)cc2)c1. The molecule has 0 bridgehead atoms. The van der Waals surface area contributed by atoms with E-state index in [1.165, 1.54) is 65.7 Å². The van der Waals surface area contributed by atoms with Gasteiger partial charge in [0.2, 0.25) is 0 Å². The lowest BCUT2D eigenvalue weighted by Gasteiger charge is -2.15. The molecular formula is C42H29N. The Morgan fingerprint density at radius 2 is 0.767 bits per heavy atom. The first-order valence-electron chi connectivity index (χ1n) is 14.8. The predicted octanol–water partition coefficient (Wildman–Crippen LogP) is 11.9. The first-order valence-corrected chi connectivity index (χ1v) is 14.8. The molecule has 43 heavy (non-hydrogen) atoms. The summed E-state index contributed by atoms with van der Waals surface area (Å²) in [6.45, 7) is 0. The van der Waals surface area contributed by atoms with Crippen LogP contribution < -0.4 is 5.32 Å². The molecular weight excluding hydrogens is 518 g/mol. The summed E-state index contributed by atoms with van der Waals surface area (Å²) in [6.07, 6.45) is 0. The van der Waals surface area contributed by atoms with Gasteiger partial charge in [-0.25, -0.2) is 0 Å². The second-order valence-electron chi connectivity index (χ2n) is 11.0. The Bertz CT molecular complexity index is 2240. The van der Waals surface area contributed by atoms with E-state index < -0.39 is 0 Å². The van der Waals surface area contributed by atoms with E-state index in [0.29, 0.717) is 0 Å². The topological polar surface area (TPSA) is 12.0 Å². The molecule has 0 aliphatic heterocycles. The van der Waals surface area contributed by atoms with Crippen molar-refractivity contribution in [3.05, 3.63) is 170 Å². The van der Waals surface area contributed by atoms with Gasteiger partial charge in [0.1, 0.15) is 0 Å². The second-order valence-corrected chi connectivity index (χ2v) is 11.0.